The van der Waals surface area contributed by atoms with Gasteiger partial charge in [0.2, 0.25) is 0 Å². The smallest absolute Gasteiger partial charge is 0.265 e. The second kappa shape index (κ2) is 6.13. The van der Waals surface area contributed by atoms with Crippen LogP contribution in [-0.2, 0) is 16.6 Å². The summed E-state index contributed by atoms with van der Waals surface area (Å²) < 4.78 is 28.9. The fraction of sp³-hybridized carbons (Fsp3) is 0.182. The minimum Gasteiger partial charge on any atom is -0.329 e. The maximum Gasteiger partial charge on any atom is 0.265 e. The average molecular weight is 380 g/mol. The molecular weight excluding hydrogens is 368 g/mol. The number of hydrogen-bond acceptors (Lipinski definition) is 4. The van der Waals surface area contributed by atoms with Crippen LogP contribution in [0.2, 0.25) is 5.02 Å². The van der Waals surface area contributed by atoms with E-state index in [0.29, 0.717) is 28.3 Å². The number of nitrogens with two attached hydrogens (primary N) is 1. The van der Waals surface area contributed by atoms with Gasteiger partial charge in [-0.15, -0.1) is 0 Å². The van der Waals surface area contributed by atoms with E-state index in [4.69, 9.17) is 17.3 Å². The molecular formula is C11H12BrClN4O2S. The first-order valence-corrected chi connectivity index (χ1v) is 8.28. The van der Waals surface area contributed by atoms with E-state index in [1.165, 1.54) is 17.1 Å². The van der Waals surface area contributed by atoms with Crippen molar-refractivity contribution < 1.29 is 8.42 Å². The standard InChI is InChI=1S/C11H12BrClN4O2S/c12-10-5-8(1-2-11(10)13)16-20(18,19)9-6-15-17(7-9)4-3-14/h1-2,5-7,16H,3-4,14H2. The van der Waals surface area contributed by atoms with Gasteiger partial charge >= 0.3 is 0 Å². The number of anilines is 1. The highest BCUT2D eigenvalue weighted by molar-refractivity contribution is 9.10. The van der Waals surface area contributed by atoms with Crippen molar-refractivity contribution in [3.63, 3.8) is 0 Å². The Morgan fingerprint density at radius 1 is 1.45 bits per heavy atom. The van der Waals surface area contributed by atoms with Crippen LogP contribution in [0, 0.1) is 0 Å². The van der Waals surface area contributed by atoms with E-state index in [2.05, 4.69) is 25.8 Å². The highest BCUT2D eigenvalue weighted by atomic mass is 79.9. The van der Waals surface area contributed by atoms with Crippen LogP contribution in [-0.4, -0.2) is 24.7 Å². The summed E-state index contributed by atoms with van der Waals surface area (Å²) in [6.45, 7) is 0.848. The number of rotatable bonds is 5. The Morgan fingerprint density at radius 2 is 2.20 bits per heavy atom. The summed E-state index contributed by atoms with van der Waals surface area (Å²) in [6, 6.07) is 4.76. The molecule has 0 amide bonds. The molecule has 0 fully saturated rings. The van der Waals surface area contributed by atoms with Crippen LogP contribution < -0.4 is 10.5 Å². The van der Waals surface area contributed by atoms with Crippen molar-refractivity contribution in [1.82, 2.24) is 9.78 Å². The van der Waals surface area contributed by atoms with Gasteiger partial charge in [0.25, 0.3) is 10.0 Å². The van der Waals surface area contributed by atoms with E-state index < -0.39 is 10.0 Å². The lowest BCUT2D eigenvalue weighted by atomic mass is 10.3. The lowest BCUT2D eigenvalue weighted by Gasteiger charge is -2.07. The summed E-state index contributed by atoms with van der Waals surface area (Å²) in [6.07, 6.45) is 2.71. The SMILES string of the molecule is NCCn1cc(S(=O)(=O)Nc2ccc(Cl)c(Br)c2)cn1. The van der Waals surface area contributed by atoms with Gasteiger partial charge in [0, 0.05) is 17.2 Å². The summed E-state index contributed by atoms with van der Waals surface area (Å²) in [4.78, 5) is 0.0806. The molecule has 0 bridgehead atoms. The molecule has 0 spiro atoms. The molecule has 0 aliphatic rings. The summed E-state index contributed by atoms with van der Waals surface area (Å²) >= 11 is 9.10. The second-order valence-electron chi connectivity index (χ2n) is 3.96. The monoisotopic (exact) mass is 378 g/mol. The summed E-state index contributed by atoms with van der Waals surface area (Å²) in [5.74, 6) is 0. The highest BCUT2D eigenvalue weighted by Gasteiger charge is 2.17. The van der Waals surface area contributed by atoms with Gasteiger partial charge in [-0.25, -0.2) is 8.42 Å². The van der Waals surface area contributed by atoms with Gasteiger partial charge in [0.1, 0.15) is 4.90 Å². The Hall–Kier alpha value is -1.09. The van der Waals surface area contributed by atoms with Gasteiger partial charge in [0.15, 0.2) is 0 Å². The van der Waals surface area contributed by atoms with E-state index in [9.17, 15) is 8.42 Å². The Balaban J connectivity index is 2.23. The first kappa shape index (κ1) is 15.3. The maximum atomic E-state index is 12.2. The number of nitrogens with one attached hydrogen (secondary N) is 1. The van der Waals surface area contributed by atoms with E-state index in [-0.39, 0.29) is 4.90 Å². The van der Waals surface area contributed by atoms with Crippen molar-refractivity contribution in [2.75, 3.05) is 11.3 Å². The molecule has 2 rings (SSSR count). The molecule has 0 saturated heterocycles. The van der Waals surface area contributed by atoms with Gasteiger partial charge < -0.3 is 5.73 Å². The zero-order chi connectivity index (χ0) is 14.8. The molecule has 20 heavy (non-hydrogen) atoms. The Bertz CT molecular complexity index is 717. The van der Waals surface area contributed by atoms with Crippen LogP contribution >= 0.6 is 27.5 Å². The summed E-state index contributed by atoms with van der Waals surface area (Å²) in [7, 11) is -3.68. The molecule has 3 N–H and O–H groups in total. The topological polar surface area (TPSA) is 90.0 Å². The second-order valence-corrected chi connectivity index (χ2v) is 6.91. The summed E-state index contributed by atoms with van der Waals surface area (Å²) in [5, 5.41) is 4.44. The van der Waals surface area contributed by atoms with Crippen LogP contribution in [0.1, 0.15) is 0 Å². The number of sulfonamides is 1. The van der Waals surface area contributed by atoms with Crippen LogP contribution in [0.25, 0.3) is 0 Å². The van der Waals surface area contributed by atoms with E-state index in [0.717, 1.165) is 0 Å². The molecule has 1 aromatic carbocycles. The molecule has 0 saturated carbocycles. The molecule has 9 heteroatoms. The fourth-order valence-corrected chi connectivity index (χ4v) is 3.01. The van der Waals surface area contributed by atoms with Gasteiger partial charge in [-0.3, -0.25) is 9.40 Å². The van der Waals surface area contributed by atoms with Crippen molar-refractivity contribution >= 4 is 43.2 Å². The predicted molar refractivity (Wildman–Crippen MR) is 81.2 cm³/mol. The quantitative estimate of drug-likeness (QED) is 0.832. The average Bonchev–Trinajstić information content (AvgIpc) is 2.83. The molecule has 0 unspecified atom stereocenters. The normalized spacial score (nSPS) is 11.6. The van der Waals surface area contributed by atoms with Crippen molar-refractivity contribution in [1.29, 1.82) is 0 Å². The maximum absolute atomic E-state index is 12.2. The van der Waals surface area contributed by atoms with Crippen LogP contribution in [0.4, 0.5) is 5.69 Å². The third-order valence-corrected chi connectivity index (χ3v) is 5.00. The molecule has 1 heterocycles. The molecule has 0 atom stereocenters. The molecule has 0 radical (unpaired) electrons. The van der Waals surface area contributed by atoms with E-state index >= 15 is 0 Å². The van der Waals surface area contributed by atoms with Crippen LogP contribution in [0.15, 0.2) is 40.0 Å². The molecule has 2 aromatic rings. The van der Waals surface area contributed by atoms with Crippen molar-refractivity contribution in [3.05, 3.63) is 40.1 Å². The molecule has 1 aromatic heterocycles. The first-order chi connectivity index (χ1) is 9.42. The van der Waals surface area contributed by atoms with Crippen LogP contribution in [0.5, 0.6) is 0 Å². The number of benzene rings is 1. The van der Waals surface area contributed by atoms with Gasteiger partial charge in [0.05, 0.1) is 23.5 Å². The van der Waals surface area contributed by atoms with Gasteiger partial charge in [-0.05, 0) is 34.1 Å². The van der Waals surface area contributed by atoms with Crippen LogP contribution in [0.3, 0.4) is 0 Å². The van der Waals surface area contributed by atoms with Crippen molar-refractivity contribution in [3.8, 4) is 0 Å². The van der Waals surface area contributed by atoms with Crippen molar-refractivity contribution in [2.45, 2.75) is 11.4 Å². The predicted octanol–water partition coefficient (Wildman–Crippen LogP) is 2.06. The summed E-state index contributed by atoms with van der Waals surface area (Å²) in [5.41, 5.74) is 5.80. The van der Waals surface area contributed by atoms with Gasteiger partial charge in [-0.1, -0.05) is 11.6 Å². The Labute approximate surface area is 130 Å². The zero-order valence-corrected chi connectivity index (χ0v) is 13.4. The highest BCUT2D eigenvalue weighted by Crippen LogP contribution is 2.26. The van der Waals surface area contributed by atoms with Crippen molar-refractivity contribution in [2.24, 2.45) is 5.73 Å². The van der Waals surface area contributed by atoms with E-state index in [1.807, 2.05) is 0 Å². The third-order valence-electron chi connectivity index (χ3n) is 2.45. The number of aromatic nitrogens is 2. The third kappa shape index (κ3) is 3.51. The molecule has 6 nitrogen and oxygen atoms in total. The van der Waals surface area contributed by atoms with Gasteiger partial charge in [-0.2, -0.15) is 5.10 Å². The molecule has 0 aliphatic heterocycles. The van der Waals surface area contributed by atoms with E-state index in [1.54, 1.807) is 18.2 Å². The number of nitrogens with zero attached hydrogens (tertiary/aromatic N) is 2. The first-order valence-electron chi connectivity index (χ1n) is 5.63. The number of halogens is 2. The molecule has 108 valence electrons. The fourth-order valence-electron chi connectivity index (χ4n) is 1.51. The minimum atomic E-state index is -3.68. The largest absolute Gasteiger partial charge is 0.329 e. The number of hydrogen-bond donors (Lipinski definition) is 2. The lowest BCUT2D eigenvalue weighted by molar-refractivity contribution is 0.599. The lowest BCUT2D eigenvalue weighted by Crippen LogP contribution is -2.13. The minimum absolute atomic E-state index is 0.0806. The molecule has 0 aliphatic carbocycles. The Morgan fingerprint density at radius 3 is 2.85 bits per heavy atom. The Kier molecular flexibility index (Phi) is 4.69. The zero-order valence-electron chi connectivity index (χ0n) is 10.3.